The van der Waals surface area contributed by atoms with Crippen molar-refractivity contribution >= 4 is 173 Å². The molecule has 0 aliphatic heterocycles. The highest BCUT2D eigenvalue weighted by Crippen LogP contribution is 2.50. The summed E-state index contributed by atoms with van der Waals surface area (Å²) >= 11 is 3.74. The lowest BCUT2D eigenvalue weighted by molar-refractivity contribution is 1.30. The van der Waals surface area contributed by atoms with E-state index < -0.39 is 0 Å². The predicted octanol–water partition coefficient (Wildman–Crippen LogP) is 23.0. The number of aromatic nitrogens is 2. The standard InChI is InChI=1S/C78H46N4S2/c1-3-19-51(20-4-1)79(67-33-15-31-63-57-25-7-9-35-73(57)83-77(63)67)53-23-11-17-47(41-53)49-37-39-55-59-27-13-29-61-65-46-72-66(45-71(65)81(75(59)61)69(55)43-49)62-30-14-28-60-56-40-38-50(44-70(56)82(72)76(60)62)48-18-12-24-54(42-48)80(52-21-5-2-6-22-52)68-34-16-32-64-58-26-8-10-36-74(58)84-78(64)68/h1-46H. The fraction of sp³-hybridized carbons (Fsp3) is 0. The van der Waals surface area contributed by atoms with Crippen molar-refractivity contribution in [3.05, 3.63) is 279 Å². The van der Waals surface area contributed by atoms with E-state index in [2.05, 4.69) is 298 Å². The first-order chi connectivity index (χ1) is 41.7. The number of anilines is 6. The third-order valence-electron chi connectivity index (χ3n) is 17.9. The first-order valence-electron chi connectivity index (χ1n) is 28.7. The number of nitrogens with zero attached hydrogens (tertiary/aromatic N) is 4. The Balaban J connectivity index is 0.761. The number of rotatable bonds is 8. The minimum Gasteiger partial charge on any atom is -0.309 e. The first kappa shape index (κ1) is 46.1. The molecule has 6 aromatic heterocycles. The molecule has 0 radical (unpaired) electrons. The normalized spacial score (nSPS) is 12.3. The molecule has 6 heteroatoms. The number of thiophene rings is 2. The number of hydrogen-bond acceptors (Lipinski definition) is 4. The zero-order valence-corrected chi connectivity index (χ0v) is 46.8. The van der Waals surface area contributed by atoms with Gasteiger partial charge in [0.2, 0.25) is 0 Å². The average molecular weight is 1100 g/mol. The summed E-state index contributed by atoms with van der Waals surface area (Å²) in [5, 5.41) is 15.3. The number of fused-ring (bicyclic) bond motifs is 18. The molecule has 0 amide bonds. The first-order valence-corrected chi connectivity index (χ1v) is 30.4. The Labute approximate surface area is 490 Å². The van der Waals surface area contributed by atoms with Crippen molar-refractivity contribution in [2.45, 2.75) is 0 Å². The van der Waals surface area contributed by atoms with Gasteiger partial charge in [-0.3, -0.25) is 0 Å². The van der Waals surface area contributed by atoms with Crippen molar-refractivity contribution in [3.63, 3.8) is 0 Å². The molecule has 19 aromatic rings. The van der Waals surface area contributed by atoms with Crippen LogP contribution in [0.3, 0.4) is 0 Å². The molecule has 0 atom stereocenters. The highest BCUT2D eigenvalue weighted by atomic mass is 32.1. The minimum absolute atomic E-state index is 1.12. The van der Waals surface area contributed by atoms with Gasteiger partial charge < -0.3 is 18.6 Å². The highest BCUT2D eigenvalue weighted by Gasteiger charge is 2.25. The second-order valence-corrected chi connectivity index (χ2v) is 24.5. The molecule has 0 spiro atoms. The van der Waals surface area contributed by atoms with Crippen LogP contribution in [0.15, 0.2) is 279 Å². The Morgan fingerprint density at radius 3 is 1.04 bits per heavy atom. The molecular formula is C78H46N4S2. The Hall–Kier alpha value is -10.5. The third kappa shape index (κ3) is 6.52. The predicted molar refractivity (Wildman–Crippen MR) is 362 cm³/mol. The van der Waals surface area contributed by atoms with Crippen LogP contribution in [0.1, 0.15) is 0 Å². The van der Waals surface area contributed by atoms with Crippen molar-refractivity contribution in [3.8, 4) is 22.3 Å². The lowest BCUT2D eigenvalue weighted by Gasteiger charge is -2.26. The Bertz CT molecular complexity index is 5520. The molecule has 0 N–H and O–H groups in total. The summed E-state index contributed by atoms with van der Waals surface area (Å²) in [7, 11) is 0. The Kier molecular flexibility index (Phi) is 9.62. The van der Waals surface area contributed by atoms with Crippen LogP contribution in [0.4, 0.5) is 34.1 Å². The van der Waals surface area contributed by atoms with Crippen LogP contribution in [-0.4, -0.2) is 8.80 Å². The van der Waals surface area contributed by atoms with E-state index >= 15 is 0 Å². The Morgan fingerprint density at radius 2 is 0.571 bits per heavy atom. The van der Waals surface area contributed by atoms with E-state index in [4.69, 9.17) is 0 Å². The van der Waals surface area contributed by atoms with Crippen LogP contribution in [0.2, 0.25) is 0 Å². The van der Waals surface area contributed by atoms with Gasteiger partial charge in [-0.1, -0.05) is 182 Å². The molecule has 0 fully saturated rings. The molecule has 0 aliphatic carbocycles. The summed E-state index contributed by atoms with van der Waals surface area (Å²) in [6.45, 7) is 0. The van der Waals surface area contributed by atoms with E-state index in [1.54, 1.807) is 0 Å². The molecule has 84 heavy (non-hydrogen) atoms. The van der Waals surface area contributed by atoms with Gasteiger partial charge in [0.15, 0.2) is 0 Å². The van der Waals surface area contributed by atoms with Gasteiger partial charge in [0, 0.05) is 96.8 Å². The average Bonchev–Trinajstić information content (AvgIpc) is 2.07. The summed E-state index contributed by atoms with van der Waals surface area (Å²) in [4.78, 5) is 4.86. The molecule has 0 unspecified atom stereocenters. The molecule has 19 rings (SSSR count). The van der Waals surface area contributed by atoms with Gasteiger partial charge in [0.25, 0.3) is 0 Å². The van der Waals surface area contributed by atoms with E-state index in [1.807, 2.05) is 22.7 Å². The van der Waals surface area contributed by atoms with E-state index in [0.29, 0.717) is 0 Å². The SMILES string of the molecule is c1ccc(N(c2cccc(-c3ccc4c5cccc6c7cc8c(cc7n(c4c3)c56)c3cccc4c5ccc(-c6cccc(N(c7ccccc7)c7cccc9c7sc7ccccc79)c6)cc5n8c43)c2)c2cccc3c2sc2ccccc23)cc1. The zero-order chi connectivity index (χ0) is 54.7. The van der Waals surface area contributed by atoms with Gasteiger partial charge >= 0.3 is 0 Å². The molecule has 0 aliphatic rings. The molecular weight excluding hydrogens is 1060 g/mol. The van der Waals surface area contributed by atoms with Crippen LogP contribution in [0.25, 0.3) is 139 Å². The van der Waals surface area contributed by atoms with Crippen LogP contribution in [0.5, 0.6) is 0 Å². The van der Waals surface area contributed by atoms with Crippen LogP contribution in [0, 0.1) is 0 Å². The van der Waals surface area contributed by atoms with E-state index in [-0.39, 0.29) is 0 Å². The lowest BCUT2D eigenvalue weighted by atomic mass is 10.0. The molecule has 0 saturated carbocycles. The Morgan fingerprint density at radius 1 is 0.226 bits per heavy atom. The topological polar surface area (TPSA) is 15.3 Å². The molecule has 0 saturated heterocycles. The van der Waals surface area contributed by atoms with Crippen molar-refractivity contribution in [2.75, 3.05) is 9.80 Å². The summed E-state index contributed by atoms with van der Waals surface area (Å²) in [5.41, 5.74) is 19.0. The quantitative estimate of drug-likeness (QED) is 0.151. The summed E-state index contributed by atoms with van der Waals surface area (Å²) < 4.78 is 10.3. The summed E-state index contributed by atoms with van der Waals surface area (Å²) in [6.07, 6.45) is 0. The summed E-state index contributed by atoms with van der Waals surface area (Å²) in [6, 6.07) is 104. The maximum Gasteiger partial charge on any atom is 0.0640 e. The van der Waals surface area contributed by atoms with Gasteiger partial charge in [-0.25, -0.2) is 0 Å². The van der Waals surface area contributed by atoms with E-state index in [1.165, 1.54) is 150 Å². The maximum atomic E-state index is 2.55. The summed E-state index contributed by atoms with van der Waals surface area (Å²) in [5.74, 6) is 0. The van der Waals surface area contributed by atoms with Crippen molar-refractivity contribution in [1.82, 2.24) is 8.80 Å². The second kappa shape index (κ2) is 17.5. The largest absolute Gasteiger partial charge is 0.309 e. The van der Waals surface area contributed by atoms with Crippen LogP contribution < -0.4 is 9.80 Å². The minimum atomic E-state index is 1.12. The van der Waals surface area contributed by atoms with Gasteiger partial charge in [0.05, 0.1) is 53.9 Å². The fourth-order valence-corrected chi connectivity index (χ4v) is 16.7. The lowest BCUT2D eigenvalue weighted by Crippen LogP contribution is -2.10. The monoisotopic (exact) mass is 1100 g/mol. The van der Waals surface area contributed by atoms with Gasteiger partial charge in [-0.15, -0.1) is 22.7 Å². The number of benzene rings is 13. The van der Waals surface area contributed by atoms with Crippen LogP contribution >= 0.6 is 22.7 Å². The molecule has 4 nitrogen and oxygen atoms in total. The van der Waals surface area contributed by atoms with E-state index in [9.17, 15) is 0 Å². The second-order valence-electron chi connectivity index (χ2n) is 22.4. The molecule has 6 heterocycles. The molecule has 390 valence electrons. The number of para-hydroxylation sites is 4. The van der Waals surface area contributed by atoms with Crippen molar-refractivity contribution in [1.29, 1.82) is 0 Å². The van der Waals surface area contributed by atoms with Crippen molar-refractivity contribution < 1.29 is 0 Å². The van der Waals surface area contributed by atoms with Gasteiger partial charge in [-0.05, 0) is 119 Å². The smallest absolute Gasteiger partial charge is 0.0640 e. The van der Waals surface area contributed by atoms with Crippen molar-refractivity contribution in [2.24, 2.45) is 0 Å². The van der Waals surface area contributed by atoms with Gasteiger partial charge in [-0.2, -0.15) is 0 Å². The zero-order valence-electron chi connectivity index (χ0n) is 45.2. The number of hydrogen-bond donors (Lipinski definition) is 0. The van der Waals surface area contributed by atoms with Crippen LogP contribution in [-0.2, 0) is 0 Å². The third-order valence-corrected chi connectivity index (χ3v) is 20.3. The molecule has 13 aromatic carbocycles. The van der Waals surface area contributed by atoms with Gasteiger partial charge in [0.1, 0.15) is 0 Å². The molecule has 0 bridgehead atoms. The maximum absolute atomic E-state index is 2.55. The van der Waals surface area contributed by atoms with E-state index in [0.717, 1.165) is 22.7 Å². The fourth-order valence-electron chi connectivity index (χ4n) is 14.3. The highest BCUT2D eigenvalue weighted by molar-refractivity contribution is 7.26.